The minimum absolute atomic E-state index is 0.0268. The molecule has 0 aliphatic rings. The zero-order valence-electron chi connectivity index (χ0n) is 7.06. The molecule has 0 aliphatic carbocycles. The fraction of sp³-hybridized carbons (Fsp3) is 0.857. The van der Waals surface area contributed by atoms with Crippen molar-refractivity contribution < 1.29 is 4.79 Å². The van der Waals surface area contributed by atoms with Crippen LogP contribution in [0.2, 0.25) is 0 Å². The van der Waals surface area contributed by atoms with Crippen molar-refractivity contribution in [3.8, 4) is 0 Å². The highest BCUT2D eigenvalue weighted by atomic mass is 31.1. The second kappa shape index (κ2) is 3.53. The van der Waals surface area contributed by atoms with Crippen molar-refractivity contribution in [1.82, 2.24) is 0 Å². The molecular weight excluding hydrogens is 142 g/mol. The molecular formula is C7H14BOP. The largest absolute Gasteiger partial charge is 0.312 e. The van der Waals surface area contributed by atoms with E-state index in [1.54, 1.807) is 0 Å². The van der Waals surface area contributed by atoms with Gasteiger partial charge in [-0.1, -0.05) is 20.8 Å². The molecule has 0 saturated carbocycles. The molecule has 0 bridgehead atoms. The van der Waals surface area contributed by atoms with E-state index in [9.17, 15) is 4.79 Å². The molecule has 1 nitrogen and oxygen atoms in total. The predicted molar refractivity (Wildman–Crippen MR) is 48.2 cm³/mol. The summed E-state index contributed by atoms with van der Waals surface area (Å²) in [6, 6.07) is 0. The monoisotopic (exact) mass is 156 g/mol. The van der Waals surface area contributed by atoms with Crippen LogP contribution in [0.4, 0.5) is 0 Å². The van der Waals surface area contributed by atoms with Crippen molar-refractivity contribution in [2.75, 3.05) is 6.66 Å². The molecule has 0 aromatic carbocycles. The Hall–Kier alpha value is 0.165. The van der Waals surface area contributed by atoms with Crippen molar-refractivity contribution in [3.63, 3.8) is 0 Å². The molecule has 0 fully saturated rings. The van der Waals surface area contributed by atoms with E-state index in [4.69, 9.17) is 7.85 Å². The van der Waals surface area contributed by atoms with Crippen LogP contribution in [-0.4, -0.2) is 25.9 Å². The highest BCUT2D eigenvalue weighted by Gasteiger charge is 2.25. The third kappa shape index (κ3) is 2.83. The number of carbonyl (C=O) groups excluding carboxylic acids is 1. The van der Waals surface area contributed by atoms with Crippen molar-refractivity contribution in [3.05, 3.63) is 0 Å². The van der Waals surface area contributed by atoms with Gasteiger partial charge in [-0.15, -0.1) is 8.58 Å². The van der Waals surface area contributed by atoms with E-state index in [-0.39, 0.29) is 16.8 Å². The van der Waals surface area contributed by atoms with Gasteiger partial charge in [0.25, 0.3) is 0 Å². The van der Waals surface area contributed by atoms with Gasteiger partial charge in [-0.25, -0.2) is 0 Å². The first kappa shape index (κ1) is 10.2. The molecule has 2 radical (unpaired) electrons. The number of carbonyl (C=O) groups is 1. The molecule has 56 valence electrons. The van der Waals surface area contributed by atoms with Crippen LogP contribution in [0.15, 0.2) is 0 Å². The maximum atomic E-state index is 10.8. The minimum Gasteiger partial charge on any atom is -0.312 e. The SMILES string of the molecule is [B]C(=O)C(PC)C(C)(C)C. The second-order valence-electron chi connectivity index (χ2n) is 3.49. The van der Waals surface area contributed by atoms with Crippen molar-refractivity contribution in [1.29, 1.82) is 0 Å². The normalized spacial score (nSPS) is 16.0. The molecule has 0 aromatic rings. The van der Waals surface area contributed by atoms with Gasteiger partial charge in [-0.3, -0.25) is 0 Å². The van der Waals surface area contributed by atoms with Crippen LogP contribution < -0.4 is 0 Å². The summed E-state index contributed by atoms with van der Waals surface area (Å²) < 4.78 is 0. The Labute approximate surface area is 66.2 Å². The molecule has 10 heavy (non-hydrogen) atoms. The summed E-state index contributed by atoms with van der Waals surface area (Å²) in [5.74, 6) is 0. The topological polar surface area (TPSA) is 17.1 Å². The molecule has 2 atom stereocenters. The van der Waals surface area contributed by atoms with Crippen LogP contribution in [0.3, 0.4) is 0 Å². The van der Waals surface area contributed by atoms with E-state index in [0.717, 1.165) is 0 Å². The van der Waals surface area contributed by atoms with E-state index in [0.29, 0.717) is 8.58 Å². The fourth-order valence-corrected chi connectivity index (χ4v) is 2.15. The lowest BCUT2D eigenvalue weighted by Crippen LogP contribution is -2.30. The number of hydrogen-bond acceptors (Lipinski definition) is 1. The lowest BCUT2D eigenvalue weighted by atomic mass is 9.83. The Balaban J connectivity index is 4.22. The summed E-state index contributed by atoms with van der Waals surface area (Å²) >= 11 is 0. The first-order valence-electron chi connectivity index (χ1n) is 3.36. The van der Waals surface area contributed by atoms with Crippen molar-refractivity contribution >= 4 is 22.1 Å². The van der Waals surface area contributed by atoms with E-state index in [1.807, 2.05) is 27.4 Å². The van der Waals surface area contributed by atoms with Crippen LogP contribution in [0, 0.1) is 5.41 Å². The van der Waals surface area contributed by atoms with Crippen LogP contribution >= 0.6 is 8.58 Å². The summed E-state index contributed by atoms with van der Waals surface area (Å²) in [7, 11) is 5.81. The Morgan fingerprint density at radius 2 is 1.90 bits per heavy atom. The first-order chi connectivity index (χ1) is 4.39. The maximum Gasteiger partial charge on any atom is 0.168 e. The summed E-state index contributed by atoms with van der Waals surface area (Å²) in [6.45, 7) is 8.14. The highest BCUT2D eigenvalue weighted by Crippen LogP contribution is 2.32. The molecule has 2 unspecified atom stereocenters. The molecule has 3 heteroatoms. The van der Waals surface area contributed by atoms with Crippen LogP contribution in [-0.2, 0) is 4.79 Å². The Kier molecular flexibility index (Phi) is 3.58. The lowest BCUT2D eigenvalue weighted by Gasteiger charge is -2.27. The molecule has 0 heterocycles. The summed E-state index contributed by atoms with van der Waals surface area (Å²) in [6.07, 6.45) is 0. The molecule has 0 spiro atoms. The third-order valence-electron chi connectivity index (χ3n) is 1.44. The fourth-order valence-electron chi connectivity index (χ4n) is 1.00. The van der Waals surface area contributed by atoms with Gasteiger partial charge in [0, 0.05) is 5.66 Å². The molecule has 0 N–H and O–H groups in total. The third-order valence-corrected chi connectivity index (χ3v) is 3.17. The number of hydrogen-bond donors (Lipinski definition) is 0. The van der Waals surface area contributed by atoms with Gasteiger partial charge in [0.15, 0.2) is 7.85 Å². The van der Waals surface area contributed by atoms with Gasteiger partial charge >= 0.3 is 0 Å². The number of rotatable bonds is 2. The lowest BCUT2D eigenvalue weighted by molar-refractivity contribution is -0.112. The Morgan fingerprint density at radius 3 is 1.90 bits per heavy atom. The molecule has 0 amide bonds. The standard InChI is InChI=1S/C7H14BOP/c1-7(2,3)5(10-4)6(8)9/h5,10H,1-4H3. The van der Waals surface area contributed by atoms with E-state index in [2.05, 4.69) is 0 Å². The predicted octanol–water partition coefficient (Wildman–Crippen LogP) is 1.40. The van der Waals surface area contributed by atoms with Crippen LogP contribution in [0.5, 0.6) is 0 Å². The van der Waals surface area contributed by atoms with E-state index < -0.39 is 0 Å². The van der Waals surface area contributed by atoms with E-state index >= 15 is 0 Å². The second-order valence-corrected chi connectivity index (χ2v) is 4.64. The average Bonchev–Trinajstić information content (AvgIpc) is 1.60. The summed E-state index contributed by atoms with van der Waals surface area (Å²) in [5, 5.41) is 0. The molecule has 0 rings (SSSR count). The molecule has 0 saturated heterocycles. The van der Waals surface area contributed by atoms with Gasteiger partial charge < -0.3 is 4.79 Å². The smallest absolute Gasteiger partial charge is 0.168 e. The quantitative estimate of drug-likeness (QED) is 0.436. The summed E-state index contributed by atoms with van der Waals surface area (Å²) in [4.78, 5) is 10.8. The zero-order valence-corrected chi connectivity index (χ0v) is 8.06. The maximum absolute atomic E-state index is 10.8. The first-order valence-corrected chi connectivity index (χ1v) is 4.94. The average molecular weight is 156 g/mol. The van der Waals surface area contributed by atoms with Crippen molar-refractivity contribution in [2.45, 2.75) is 26.4 Å². The van der Waals surface area contributed by atoms with Crippen LogP contribution in [0.25, 0.3) is 0 Å². The van der Waals surface area contributed by atoms with E-state index in [1.165, 1.54) is 0 Å². The Morgan fingerprint density at radius 1 is 1.50 bits per heavy atom. The van der Waals surface area contributed by atoms with Gasteiger partial charge in [0.2, 0.25) is 0 Å². The zero-order chi connectivity index (χ0) is 8.36. The van der Waals surface area contributed by atoms with Gasteiger partial charge in [0.05, 0.1) is 5.68 Å². The van der Waals surface area contributed by atoms with Gasteiger partial charge in [-0.05, 0) is 12.1 Å². The van der Waals surface area contributed by atoms with Gasteiger partial charge in [-0.2, -0.15) is 0 Å². The highest BCUT2D eigenvalue weighted by molar-refractivity contribution is 7.40. The van der Waals surface area contributed by atoms with Crippen molar-refractivity contribution in [2.24, 2.45) is 5.41 Å². The molecule has 0 aliphatic heterocycles. The Bertz CT molecular complexity index is 128. The van der Waals surface area contributed by atoms with Crippen LogP contribution in [0.1, 0.15) is 20.8 Å². The van der Waals surface area contributed by atoms with Gasteiger partial charge in [0.1, 0.15) is 0 Å². The summed E-state index contributed by atoms with van der Waals surface area (Å²) in [5.41, 5.74) is -0.111. The minimum atomic E-state index is -0.173. The molecule has 0 aromatic heterocycles.